The molecule has 3 aliphatic rings. The first kappa shape index (κ1) is 89.3. The Morgan fingerprint density at radius 3 is 0.773 bits per heavy atom. The zero-order valence-corrected chi connectivity index (χ0v) is 59.1. The van der Waals surface area contributed by atoms with Crippen molar-refractivity contribution in [2.45, 2.75) is 73.6 Å². The van der Waals surface area contributed by atoms with Crippen LogP contribution in [0.25, 0.3) is 33.5 Å². The normalized spacial score (nSPS) is 27.3. The van der Waals surface area contributed by atoms with Crippen LogP contribution in [0.1, 0.15) is 18.7 Å². The van der Waals surface area contributed by atoms with E-state index in [0.717, 1.165) is 38.0 Å². The molecule has 54 nitrogen and oxygen atoms in total. The standard InChI is InChI=1S/3C10H16N5O13P3.4Cr/c3*11-8-5-9(13-2-12-8)15(3-14-5)10-7(17)6(16)4(26-10)1-25-30(21,22)28-31(23,24)27-29(18,19)20;;;;/h3*2-4,6-7,10,16-17H,1H2,(H,21,22)(H,23,24)(H2,11,12,13)(H2,18,19,20);;;;/q;;;4*+3/p-12/t3*4-,6-,7-,10-;;;;/m111..../s1. The summed E-state index contributed by atoms with van der Waals surface area (Å²) in [5.41, 5.74) is 17.8. The molecule has 0 amide bonds. The van der Waals surface area contributed by atoms with Crippen LogP contribution < -0.4 is 75.9 Å². The number of aliphatic hydroxyl groups excluding tert-OH is 6. The molecule has 3 aliphatic heterocycles. The molecule has 6 aromatic heterocycles. The summed E-state index contributed by atoms with van der Waals surface area (Å²) in [4.78, 5) is 165. The van der Waals surface area contributed by atoms with Crippen LogP contribution in [-0.2, 0) is 164 Å². The van der Waals surface area contributed by atoms with E-state index in [9.17, 15) is 130 Å². The third-order valence-corrected chi connectivity index (χ3v) is 22.4. The molecule has 97 heavy (non-hydrogen) atoms. The minimum Gasteiger partial charge on any atom is -0.790 e. The van der Waals surface area contributed by atoms with Gasteiger partial charge in [-0.1, -0.05) is 0 Å². The van der Waals surface area contributed by atoms with Crippen LogP contribution >= 0.6 is 70.4 Å². The van der Waals surface area contributed by atoms with E-state index < -0.39 is 164 Å². The van der Waals surface area contributed by atoms with E-state index in [0.29, 0.717) is 0 Å². The second-order valence-electron chi connectivity index (χ2n) is 17.8. The third-order valence-electron chi connectivity index (χ3n) is 11.4. The van der Waals surface area contributed by atoms with Crippen LogP contribution in [-0.4, -0.2) is 164 Å². The van der Waals surface area contributed by atoms with Gasteiger partial charge in [0.15, 0.2) is 53.1 Å². The number of nitrogen functional groups attached to an aromatic ring is 3. The van der Waals surface area contributed by atoms with E-state index in [2.05, 4.69) is 84.3 Å². The molecule has 9 heterocycles. The molecular weight excluding hydrogens is 1680 g/mol. The Morgan fingerprint density at radius 2 is 0.567 bits per heavy atom. The maximum atomic E-state index is 11.6. The van der Waals surface area contributed by atoms with Crippen molar-refractivity contribution >= 4 is 121 Å². The predicted octanol–water partition coefficient (Wildman–Crippen LogP) is -12.5. The molecule has 3 saturated heterocycles. The number of imidazole rings is 3. The molecule has 12 N–H and O–H groups in total. The Hall–Kier alpha value is -1.95. The van der Waals surface area contributed by atoms with Gasteiger partial charge in [-0.15, -0.1) is 0 Å². The first-order valence-electron chi connectivity index (χ1n) is 23.5. The molecule has 4 radical (unpaired) electrons. The first-order chi connectivity index (χ1) is 42.6. The third kappa shape index (κ3) is 24.3. The fourth-order valence-corrected chi connectivity index (χ4v) is 16.4. The fraction of sp³-hybridized carbons (Fsp3) is 0.500. The zero-order valence-electron chi connectivity index (χ0n) is 45.9. The second-order valence-corrected chi connectivity index (χ2v) is 30.5. The Kier molecular flexibility index (Phi) is 31.6. The molecule has 3 fully saturated rings. The van der Waals surface area contributed by atoms with Crippen LogP contribution in [0, 0.1) is 0 Å². The maximum Gasteiger partial charge on any atom is 3.00 e. The molecule has 0 aliphatic carbocycles. The Morgan fingerprint density at radius 1 is 0.351 bits per heavy atom. The number of hydrogen-bond donors (Lipinski definition) is 9. The topological polar surface area (TPSA) is 871 Å². The van der Waals surface area contributed by atoms with Crippen molar-refractivity contribution in [2.75, 3.05) is 37.0 Å². The summed E-state index contributed by atoms with van der Waals surface area (Å²) in [7, 11) is -54.2. The fourth-order valence-electron chi connectivity index (χ4n) is 7.80. The van der Waals surface area contributed by atoms with Gasteiger partial charge in [0.25, 0.3) is 46.9 Å². The molecule has 0 saturated carbocycles. The molecule has 9 rings (SSSR count). The molecule has 534 valence electrons. The Balaban J connectivity index is 0.000000371. The summed E-state index contributed by atoms with van der Waals surface area (Å²) in [6.45, 7) is -3.23. The van der Waals surface area contributed by atoms with E-state index in [-0.39, 0.29) is 120 Å². The SMILES string of the molecule is Nc1ncnc2c1ncn2[C@@H]1O[C@H](COP(=O)([O-])OP(=O)([O-])OP(=O)([O-])[O-])[C@@H](O)[C@H]1O.Nc1ncnc2c1ncn2[C@@H]1O[C@H](COP(=O)([O-])OP(=O)([O-])OP(=O)([O-])[O-])[C@@H](O)[C@H]1O.Nc1ncnc2c1ncn2[C@@H]1O[C@H](COP(=O)([O-])OP(=O)([O-])OP(=O)([O-])[O-])[C@@H](O)[C@H]1O.[Cr+3].[Cr+3].[Cr+3].[Cr+3]. The first-order valence-corrected chi connectivity index (χ1v) is 36.7. The van der Waals surface area contributed by atoms with Crippen molar-refractivity contribution in [1.82, 2.24) is 58.6 Å². The minimum absolute atomic E-state index is 0. The predicted molar refractivity (Wildman–Crippen MR) is 260 cm³/mol. The van der Waals surface area contributed by atoms with Crippen molar-refractivity contribution in [1.29, 1.82) is 0 Å². The van der Waals surface area contributed by atoms with E-state index in [1.54, 1.807) is 0 Å². The summed E-state index contributed by atoms with van der Waals surface area (Å²) in [5, 5.41) is 61.0. The average Bonchev–Trinajstić information content (AvgIpc) is 1.63. The monoisotopic (exact) mass is 1720 g/mol. The summed E-state index contributed by atoms with van der Waals surface area (Å²) < 4.78 is 151. The zero-order chi connectivity index (χ0) is 69.6. The minimum atomic E-state index is -6.14. The number of aliphatic hydroxyl groups is 6. The van der Waals surface area contributed by atoms with Crippen LogP contribution in [0.5, 0.6) is 0 Å². The van der Waals surface area contributed by atoms with Crippen molar-refractivity contribution in [3.63, 3.8) is 0 Å². The number of aromatic nitrogens is 12. The number of phosphoric ester groups is 3. The summed E-state index contributed by atoms with van der Waals surface area (Å²) in [6.07, 6.45) is -12.0. The van der Waals surface area contributed by atoms with E-state index in [4.69, 9.17) is 31.4 Å². The molecule has 0 aromatic carbocycles. The van der Waals surface area contributed by atoms with Gasteiger partial charge in [-0.2, -0.15) is 0 Å². The number of nitrogens with zero attached hydrogens (tertiary/aromatic N) is 12. The molecule has 67 heteroatoms. The van der Waals surface area contributed by atoms with Gasteiger partial charge < -0.3 is 148 Å². The molecule has 6 aromatic rings. The number of rotatable bonds is 24. The number of ether oxygens (including phenoxy) is 3. The quantitative estimate of drug-likeness (QED) is 0.0254. The van der Waals surface area contributed by atoms with Gasteiger partial charge in [0, 0.05) is 0 Å². The smallest absolute Gasteiger partial charge is 0.790 e. The van der Waals surface area contributed by atoms with Gasteiger partial charge in [-0.25, -0.2) is 57.8 Å². The van der Waals surface area contributed by atoms with E-state index in [1.165, 1.54) is 13.7 Å². The van der Waals surface area contributed by atoms with Gasteiger partial charge in [-0.05, 0) is 0 Å². The Bertz CT molecular complexity index is 3750. The van der Waals surface area contributed by atoms with Crippen molar-refractivity contribution in [3.05, 3.63) is 38.0 Å². The van der Waals surface area contributed by atoms with Crippen molar-refractivity contribution in [2.24, 2.45) is 0 Å². The van der Waals surface area contributed by atoms with Gasteiger partial charge in [0.1, 0.15) is 90.5 Å². The number of anilines is 3. The van der Waals surface area contributed by atoms with Crippen LogP contribution in [0.3, 0.4) is 0 Å². The number of phosphoric acid groups is 9. The largest absolute Gasteiger partial charge is 3.00 e. The molecule has 6 unspecified atom stereocenters. The van der Waals surface area contributed by atoms with Crippen LogP contribution in [0.15, 0.2) is 38.0 Å². The number of fused-ring (bicyclic) bond motifs is 3. The Labute approximate surface area is 578 Å². The van der Waals surface area contributed by atoms with Crippen LogP contribution in [0.4, 0.5) is 17.5 Å². The van der Waals surface area contributed by atoms with Gasteiger partial charge in [-0.3, -0.25) is 54.0 Å². The summed E-state index contributed by atoms with van der Waals surface area (Å²) in [6, 6.07) is 0. The second kappa shape index (κ2) is 34.3. The molecular formula is C30H36Cr4N15O39P9. The maximum absolute atomic E-state index is 11.6. The number of hydrogen-bond acceptors (Lipinski definition) is 51. The summed E-state index contributed by atoms with van der Waals surface area (Å²) >= 11 is 0. The number of nitrogens with two attached hydrogens (primary N) is 3. The summed E-state index contributed by atoms with van der Waals surface area (Å²) in [5.74, 6) is 0.0586. The van der Waals surface area contributed by atoms with Gasteiger partial charge >= 0.3 is 69.4 Å². The van der Waals surface area contributed by atoms with E-state index in [1.807, 2.05) is 0 Å². The van der Waals surface area contributed by atoms with Gasteiger partial charge in [0.05, 0.1) is 62.3 Å². The van der Waals surface area contributed by atoms with Crippen LogP contribution in [0.2, 0.25) is 0 Å². The van der Waals surface area contributed by atoms with Gasteiger partial charge in [0.2, 0.25) is 0 Å². The molecule has 18 atom stereocenters. The molecule has 0 bridgehead atoms. The average molecular weight is 1720 g/mol. The molecule has 0 spiro atoms. The van der Waals surface area contributed by atoms with Crippen molar-refractivity contribution in [3.8, 4) is 0 Å². The van der Waals surface area contributed by atoms with E-state index >= 15 is 0 Å². The van der Waals surface area contributed by atoms with Crippen molar-refractivity contribution < 1.29 is 254 Å².